The van der Waals surface area contributed by atoms with Crippen LogP contribution in [0.3, 0.4) is 0 Å². The minimum Gasteiger partial charge on any atom is -0.378 e. The largest absolute Gasteiger partial charge is 0.378 e. The molecule has 0 aliphatic carbocycles. The first-order chi connectivity index (χ1) is 10.6. The highest BCUT2D eigenvalue weighted by Crippen LogP contribution is 2.22. The highest BCUT2D eigenvalue weighted by Gasteiger charge is 2.14. The van der Waals surface area contributed by atoms with Crippen LogP contribution in [-0.2, 0) is 4.74 Å². The number of aryl methyl sites for hydroxylation is 2. The van der Waals surface area contributed by atoms with Crippen LogP contribution >= 0.6 is 11.3 Å². The van der Waals surface area contributed by atoms with Crippen LogP contribution in [-0.4, -0.2) is 42.2 Å². The molecule has 6 nitrogen and oxygen atoms in total. The van der Waals surface area contributed by atoms with Crippen molar-refractivity contribution in [2.45, 2.75) is 13.8 Å². The number of carbonyl (C=O) groups is 1. The first-order valence-corrected chi connectivity index (χ1v) is 7.99. The number of carbonyl (C=O) groups excluding carboxylic acids is 1. The second-order valence-electron chi connectivity index (χ2n) is 5.12. The maximum absolute atomic E-state index is 12.2. The normalized spacial score (nSPS) is 14.9. The van der Waals surface area contributed by atoms with Gasteiger partial charge in [-0.2, -0.15) is 0 Å². The Labute approximate surface area is 133 Å². The molecule has 1 amide bonds. The van der Waals surface area contributed by atoms with E-state index in [1.54, 1.807) is 12.3 Å². The van der Waals surface area contributed by atoms with E-state index in [9.17, 15) is 4.79 Å². The van der Waals surface area contributed by atoms with Crippen LogP contribution in [0.4, 0.5) is 10.9 Å². The predicted octanol–water partition coefficient (Wildman–Crippen LogP) is 2.24. The highest BCUT2D eigenvalue weighted by molar-refractivity contribution is 7.15. The van der Waals surface area contributed by atoms with E-state index in [-0.39, 0.29) is 5.91 Å². The molecule has 0 saturated carbocycles. The molecule has 22 heavy (non-hydrogen) atoms. The van der Waals surface area contributed by atoms with E-state index in [1.165, 1.54) is 11.3 Å². The summed E-state index contributed by atoms with van der Waals surface area (Å²) in [5.74, 6) is 0.690. The number of ether oxygens (including phenoxy) is 1. The van der Waals surface area contributed by atoms with Crippen molar-refractivity contribution in [2.24, 2.45) is 0 Å². The molecule has 0 aromatic carbocycles. The van der Waals surface area contributed by atoms with Crippen molar-refractivity contribution in [3.63, 3.8) is 0 Å². The van der Waals surface area contributed by atoms with Crippen LogP contribution in [0.5, 0.6) is 0 Å². The van der Waals surface area contributed by atoms with E-state index in [1.807, 2.05) is 19.9 Å². The lowest BCUT2D eigenvalue weighted by atomic mass is 10.2. The van der Waals surface area contributed by atoms with Crippen LogP contribution in [0.25, 0.3) is 0 Å². The zero-order valence-corrected chi connectivity index (χ0v) is 13.4. The van der Waals surface area contributed by atoms with E-state index in [0.29, 0.717) is 23.9 Å². The zero-order valence-electron chi connectivity index (χ0n) is 12.6. The Kier molecular flexibility index (Phi) is 4.35. The molecule has 1 aliphatic heterocycles. The van der Waals surface area contributed by atoms with E-state index in [2.05, 4.69) is 20.2 Å². The second-order valence-corrected chi connectivity index (χ2v) is 6.32. The Morgan fingerprint density at radius 3 is 2.68 bits per heavy atom. The lowest BCUT2D eigenvalue weighted by Gasteiger charge is -2.27. The summed E-state index contributed by atoms with van der Waals surface area (Å²) in [6.07, 6.45) is 1.60. The van der Waals surface area contributed by atoms with Gasteiger partial charge in [0.05, 0.1) is 24.5 Å². The van der Waals surface area contributed by atoms with Crippen molar-refractivity contribution in [1.82, 2.24) is 9.97 Å². The van der Waals surface area contributed by atoms with E-state index < -0.39 is 0 Å². The van der Waals surface area contributed by atoms with Crippen LogP contribution in [0, 0.1) is 13.8 Å². The van der Waals surface area contributed by atoms with Crippen molar-refractivity contribution in [1.29, 1.82) is 0 Å². The number of thiazole rings is 1. The van der Waals surface area contributed by atoms with Gasteiger partial charge in [-0.3, -0.25) is 10.1 Å². The van der Waals surface area contributed by atoms with Crippen LogP contribution in [0.2, 0.25) is 0 Å². The Morgan fingerprint density at radius 2 is 2.09 bits per heavy atom. The lowest BCUT2D eigenvalue weighted by Crippen LogP contribution is -2.36. The Balaban J connectivity index is 1.67. The molecular weight excluding hydrogens is 300 g/mol. The number of aromatic nitrogens is 2. The van der Waals surface area contributed by atoms with Gasteiger partial charge in [0, 0.05) is 24.2 Å². The number of nitrogens with zero attached hydrogens (tertiary/aromatic N) is 3. The van der Waals surface area contributed by atoms with Crippen molar-refractivity contribution >= 4 is 28.2 Å². The first-order valence-electron chi connectivity index (χ1n) is 7.17. The molecule has 1 aliphatic rings. The monoisotopic (exact) mass is 318 g/mol. The molecular formula is C15H18N4O2S. The molecule has 1 fully saturated rings. The molecule has 116 valence electrons. The fourth-order valence-corrected chi connectivity index (χ4v) is 3.01. The van der Waals surface area contributed by atoms with Gasteiger partial charge in [0.2, 0.25) is 0 Å². The van der Waals surface area contributed by atoms with Gasteiger partial charge < -0.3 is 9.64 Å². The minimum atomic E-state index is -0.185. The summed E-state index contributed by atoms with van der Waals surface area (Å²) in [4.78, 5) is 24.2. The molecule has 3 rings (SSSR count). The maximum atomic E-state index is 12.2. The van der Waals surface area contributed by atoms with E-state index >= 15 is 0 Å². The topological polar surface area (TPSA) is 67.4 Å². The molecule has 2 aromatic rings. The Hall–Kier alpha value is -1.99. The molecule has 2 aromatic heterocycles. The lowest BCUT2D eigenvalue weighted by molar-refractivity contribution is 0.102. The average Bonchev–Trinajstić information content (AvgIpc) is 2.86. The van der Waals surface area contributed by atoms with E-state index in [4.69, 9.17) is 4.74 Å². The van der Waals surface area contributed by atoms with Crippen LogP contribution in [0.1, 0.15) is 20.9 Å². The summed E-state index contributed by atoms with van der Waals surface area (Å²) >= 11 is 1.48. The third-order valence-electron chi connectivity index (χ3n) is 3.59. The van der Waals surface area contributed by atoms with Gasteiger partial charge in [0.25, 0.3) is 5.91 Å². The summed E-state index contributed by atoms with van der Waals surface area (Å²) in [7, 11) is 0. The van der Waals surface area contributed by atoms with Crippen molar-refractivity contribution in [2.75, 3.05) is 36.5 Å². The summed E-state index contributed by atoms with van der Waals surface area (Å²) in [6.45, 7) is 7.01. The molecule has 7 heteroatoms. The van der Waals surface area contributed by atoms with Crippen molar-refractivity contribution < 1.29 is 9.53 Å². The van der Waals surface area contributed by atoms with Crippen molar-refractivity contribution in [3.05, 3.63) is 34.5 Å². The average molecular weight is 318 g/mol. The first kappa shape index (κ1) is 14.9. The third-order valence-corrected chi connectivity index (χ3v) is 4.58. The summed E-state index contributed by atoms with van der Waals surface area (Å²) in [5, 5.41) is 3.44. The fraction of sp³-hybridized carbons (Fsp3) is 0.400. The van der Waals surface area contributed by atoms with Gasteiger partial charge in [-0.15, -0.1) is 11.3 Å². The number of rotatable bonds is 3. The van der Waals surface area contributed by atoms with Gasteiger partial charge in [-0.1, -0.05) is 0 Å². The summed E-state index contributed by atoms with van der Waals surface area (Å²) in [5.41, 5.74) is 1.48. The highest BCUT2D eigenvalue weighted by atomic mass is 32.1. The van der Waals surface area contributed by atoms with Gasteiger partial charge in [0.1, 0.15) is 5.82 Å². The number of nitrogens with one attached hydrogen (secondary N) is 1. The summed E-state index contributed by atoms with van der Waals surface area (Å²) < 4.78 is 5.32. The van der Waals surface area contributed by atoms with Crippen LogP contribution < -0.4 is 10.2 Å². The number of morpholine rings is 1. The third kappa shape index (κ3) is 3.26. The summed E-state index contributed by atoms with van der Waals surface area (Å²) in [6, 6.07) is 3.67. The minimum absolute atomic E-state index is 0.185. The Morgan fingerprint density at radius 1 is 1.32 bits per heavy atom. The molecule has 1 saturated heterocycles. The molecule has 0 spiro atoms. The number of hydrogen-bond donors (Lipinski definition) is 1. The van der Waals surface area contributed by atoms with Gasteiger partial charge in [-0.05, 0) is 26.0 Å². The Bertz CT molecular complexity index is 643. The van der Waals surface area contributed by atoms with Gasteiger partial charge >= 0.3 is 0 Å². The zero-order chi connectivity index (χ0) is 15.5. The number of amides is 1. The van der Waals surface area contributed by atoms with Crippen LogP contribution in [0.15, 0.2) is 18.3 Å². The standard InChI is InChI=1S/C15H18N4O2S/c1-10-11(2)22-15(17-10)18-14(20)12-3-4-13(16-9-12)19-5-7-21-8-6-19/h3-4,9H,5-8H2,1-2H3,(H,17,18,20). The van der Waals surface area contributed by atoms with E-state index in [0.717, 1.165) is 29.5 Å². The number of anilines is 2. The van der Waals surface area contributed by atoms with Gasteiger partial charge in [-0.25, -0.2) is 9.97 Å². The predicted molar refractivity (Wildman–Crippen MR) is 86.8 cm³/mol. The molecule has 3 heterocycles. The molecule has 0 atom stereocenters. The number of hydrogen-bond acceptors (Lipinski definition) is 6. The quantitative estimate of drug-likeness (QED) is 0.940. The second kappa shape index (κ2) is 6.41. The SMILES string of the molecule is Cc1nc(NC(=O)c2ccc(N3CCOCC3)nc2)sc1C. The smallest absolute Gasteiger partial charge is 0.259 e. The van der Waals surface area contributed by atoms with Crippen molar-refractivity contribution in [3.8, 4) is 0 Å². The van der Waals surface area contributed by atoms with Gasteiger partial charge in [0.15, 0.2) is 5.13 Å². The molecule has 0 radical (unpaired) electrons. The number of pyridine rings is 1. The fourth-order valence-electron chi connectivity index (χ4n) is 2.20. The molecule has 0 bridgehead atoms. The maximum Gasteiger partial charge on any atom is 0.259 e. The molecule has 1 N–H and O–H groups in total. The molecule has 0 unspecified atom stereocenters.